The Morgan fingerprint density at radius 2 is 2.50 bits per heavy atom. The number of fused-ring (bicyclic) bond motifs is 1. The third-order valence-corrected chi connectivity index (χ3v) is 3.56. The summed E-state index contributed by atoms with van der Waals surface area (Å²) >= 11 is 0. The minimum atomic E-state index is -1.22. The lowest BCUT2D eigenvalue weighted by Gasteiger charge is -2.24. The van der Waals surface area contributed by atoms with E-state index in [-0.39, 0.29) is 17.7 Å². The monoisotopic (exact) mass is 275 g/mol. The summed E-state index contributed by atoms with van der Waals surface area (Å²) in [5, 5.41) is 9.42. The fourth-order valence-corrected chi connectivity index (χ4v) is 2.37. The topological polar surface area (TPSA) is 119 Å². The number of nitrogens with two attached hydrogens (primary N) is 1. The lowest BCUT2D eigenvalue weighted by molar-refractivity contribution is -0.0654. The van der Waals surface area contributed by atoms with Gasteiger partial charge >= 0.3 is 0 Å². The number of hydrogen-bond donors (Lipinski definition) is 3. The van der Waals surface area contributed by atoms with Gasteiger partial charge in [0.25, 0.3) is 5.56 Å². The molecule has 0 amide bonds. The van der Waals surface area contributed by atoms with Crippen LogP contribution in [0.25, 0.3) is 11.2 Å². The number of H-pyrrole nitrogens is 1. The highest BCUT2D eigenvalue weighted by Crippen LogP contribution is 2.35. The maximum Gasteiger partial charge on any atom is 0.278 e. The molecule has 0 radical (unpaired) electrons. The molecule has 0 aromatic carbocycles. The van der Waals surface area contributed by atoms with Crippen molar-refractivity contribution in [3.05, 3.63) is 23.0 Å². The summed E-state index contributed by atoms with van der Waals surface area (Å²) in [6.07, 6.45) is 8.03. The molecule has 3 heterocycles. The first-order chi connectivity index (χ1) is 9.61. The highest BCUT2D eigenvalue weighted by atomic mass is 16.5. The quantitative estimate of drug-likeness (QED) is 0.588. The maximum absolute atomic E-state index is 11.6. The van der Waals surface area contributed by atoms with Gasteiger partial charge in [0.2, 0.25) is 0 Å². The number of aromatic amines is 1. The molecule has 1 saturated heterocycles. The molecule has 0 spiro atoms. The molecule has 2 aromatic rings. The summed E-state index contributed by atoms with van der Waals surface area (Å²) in [6.45, 7) is -0.373. The van der Waals surface area contributed by atoms with Crippen LogP contribution >= 0.6 is 0 Å². The van der Waals surface area contributed by atoms with E-state index in [0.29, 0.717) is 12.1 Å². The number of nitrogens with one attached hydrogen (secondary N) is 1. The predicted molar refractivity (Wildman–Crippen MR) is 69.5 cm³/mol. The second kappa shape index (κ2) is 4.42. The maximum atomic E-state index is 11.6. The van der Waals surface area contributed by atoms with Crippen molar-refractivity contribution in [2.45, 2.75) is 24.3 Å². The fourth-order valence-electron chi connectivity index (χ4n) is 2.37. The summed E-state index contributed by atoms with van der Waals surface area (Å²) in [5.74, 6) is 2.41. The van der Waals surface area contributed by atoms with Crippen LogP contribution in [-0.2, 0) is 4.74 Å². The van der Waals surface area contributed by atoms with Gasteiger partial charge in [-0.1, -0.05) is 5.92 Å². The van der Waals surface area contributed by atoms with E-state index in [1.807, 2.05) is 0 Å². The summed E-state index contributed by atoms with van der Waals surface area (Å²) < 4.78 is 7.31. The van der Waals surface area contributed by atoms with Crippen LogP contribution in [0.1, 0.15) is 12.6 Å². The number of aliphatic hydroxyl groups excluding tert-OH is 1. The molecular formula is C12H13N5O3. The molecule has 1 aliphatic heterocycles. The van der Waals surface area contributed by atoms with Crippen LogP contribution < -0.4 is 11.3 Å². The lowest BCUT2D eigenvalue weighted by atomic mass is 9.97. The number of ether oxygens (including phenoxy) is 1. The number of aliphatic hydroxyl groups is 1. The summed E-state index contributed by atoms with van der Waals surface area (Å²) in [5.41, 5.74) is 5.00. The molecule has 3 atom stereocenters. The molecule has 8 nitrogen and oxygen atoms in total. The molecule has 1 fully saturated rings. The summed E-state index contributed by atoms with van der Waals surface area (Å²) in [6, 6.07) is -0.512. The number of nitrogens with zero attached hydrogens (tertiary/aromatic N) is 3. The average molecular weight is 275 g/mol. The Morgan fingerprint density at radius 1 is 1.70 bits per heavy atom. The Labute approximate surface area is 113 Å². The van der Waals surface area contributed by atoms with Crippen LogP contribution in [-0.4, -0.2) is 42.9 Å². The molecule has 1 aliphatic rings. The van der Waals surface area contributed by atoms with Gasteiger partial charge in [0.15, 0.2) is 16.8 Å². The van der Waals surface area contributed by atoms with Gasteiger partial charge in [-0.3, -0.25) is 9.36 Å². The van der Waals surface area contributed by atoms with Crippen LogP contribution in [0, 0.1) is 12.3 Å². The van der Waals surface area contributed by atoms with Crippen molar-refractivity contribution in [3.63, 3.8) is 0 Å². The van der Waals surface area contributed by atoms with Crippen LogP contribution in [0.4, 0.5) is 0 Å². The number of hydrogen-bond acceptors (Lipinski definition) is 6. The van der Waals surface area contributed by atoms with Crippen molar-refractivity contribution in [1.82, 2.24) is 19.5 Å². The zero-order valence-electron chi connectivity index (χ0n) is 10.5. The van der Waals surface area contributed by atoms with E-state index in [9.17, 15) is 9.90 Å². The lowest BCUT2D eigenvalue weighted by Crippen LogP contribution is -2.46. The van der Waals surface area contributed by atoms with Gasteiger partial charge in [-0.25, -0.2) is 9.97 Å². The standard InChI is InChI=1S/C12H13N5O3/c1-2-12(4-18)7(13)3-8(20-12)17-6-16-9-10(17)14-5-15-11(9)19/h1,5-8,18H,3-4,13H2,(H,14,15,19)/t7-,8+,12+/m0/s1. The zero-order valence-corrected chi connectivity index (χ0v) is 10.5. The van der Waals surface area contributed by atoms with Crippen LogP contribution in [0.5, 0.6) is 0 Å². The van der Waals surface area contributed by atoms with Gasteiger partial charge in [0, 0.05) is 6.42 Å². The Bertz CT molecular complexity index is 745. The molecule has 3 rings (SSSR count). The minimum Gasteiger partial charge on any atom is -0.392 e. The summed E-state index contributed by atoms with van der Waals surface area (Å²) in [7, 11) is 0. The van der Waals surface area contributed by atoms with Crippen molar-refractivity contribution >= 4 is 11.2 Å². The molecule has 0 saturated carbocycles. The Kier molecular flexibility index (Phi) is 2.83. The SMILES string of the molecule is C#C[C@]1(CO)O[C@@H](n2cnc3c(=O)[nH]cnc32)C[C@@H]1N. The molecule has 20 heavy (non-hydrogen) atoms. The first-order valence-corrected chi connectivity index (χ1v) is 6.03. The van der Waals surface area contributed by atoms with E-state index in [1.54, 1.807) is 4.57 Å². The van der Waals surface area contributed by atoms with Crippen molar-refractivity contribution in [1.29, 1.82) is 0 Å². The van der Waals surface area contributed by atoms with E-state index in [2.05, 4.69) is 20.9 Å². The van der Waals surface area contributed by atoms with Crippen LogP contribution in [0.3, 0.4) is 0 Å². The van der Waals surface area contributed by atoms with E-state index in [1.165, 1.54) is 12.7 Å². The number of rotatable bonds is 2. The van der Waals surface area contributed by atoms with E-state index < -0.39 is 17.9 Å². The van der Waals surface area contributed by atoms with Crippen LogP contribution in [0.2, 0.25) is 0 Å². The smallest absolute Gasteiger partial charge is 0.278 e. The van der Waals surface area contributed by atoms with Crippen LogP contribution in [0.15, 0.2) is 17.4 Å². The van der Waals surface area contributed by atoms with Gasteiger partial charge in [-0.2, -0.15) is 0 Å². The minimum absolute atomic E-state index is 0.215. The molecule has 2 aromatic heterocycles. The van der Waals surface area contributed by atoms with E-state index in [4.69, 9.17) is 16.9 Å². The highest BCUT2D eigenvalue weighted by Gasteiger charge is 2.46. The number of aromatic nitrogens is 4. The first kappa shape index (κ1) is 12.8. The van der Waals surface area contributed by atoms with Crippen molar-refractivity contribution < 1.29 is 9.84 Å². The van der Waals surface area contributed by atoms with Gasteiger partial charge in [-0.05, 0) is 0 Å². The van der Waals surface area contributed by atoms with Crippen molar-refractivity contribution in [3.8, 4) is 12.3 Å². The van der Waals surface area contributed by atoms with E-state index in [0.717, 1.165) is 0 Å². The van der Waals surface area contributed by atoms with Gasteiger partial charge in [-0.15, -0.1) is 6.42 Å². The van der Waals surface area contributed by atoms with Crippen molar-refractivity contribution in [2.24, 2.45) is 5.73 Å². The molecule has 0 aliphatic carbocycles. The Hall–Kier alpha value is -2.21. The molecule has 8 heteroatoms. The normalized spacial score (nSPS) is 29.6. The van der Waals surface area contributed by atoms with Gasteiger partial charge in [0.05, 0.1) is 25.3 Å². The largest absolute Gasteiger partial charge is 0.392 e. The highest BCUT2D eigenvalue weighted by molar-refractivity contribution is 5.68. The van der Waals surface area contributed by atoms with E-state index >= 15 is 0 Å². The van der Waals surface area contributed by atoms with Gasteiger partial charge < -0.3 is 20.6 Å². The van der Waals surface area contributed by atoms with Crippen molar-refractivity contribution in [2.75, 3.05) is 6.61 Å². The van der Waals surface area contributed by atoms with Gasteiger partial charge in [0.1, 0.15) is 6.23 Å². The average Bonchev–Trinajstić information content (AvgIpc) is 3.01. The molecule has 0 bridgehead atoms. The third kappa shape index (κ3) is 1.65. The number of imidazole rings is 1. The molecular weight excluding hydrogens is 262 g/mol. The third-order valence-electron chi connectivity index (χ3n) is 3.56. The second-order valence-electron chi connectivity index (χ2n) is 4.66. The molecule has 0 unspecified atom stereocenters. The second-order valence-corrected chi connectivity index (χ2v) is 4.66. The Morgan fingerprint density at radius 3 is 3.15 bits per heavy atom. The fraction of sp³-hybridized carbons (Fsp3) is 0.417. The number of terminal acetylenes is 1. The summed E-state index contributed by atoms with van der Waals surface area (Å²) in [4.78, 5) is 22.1. The Balaban J connectivity index is 2.04. The zero-order chi connectivity index (χ0) is 14.3. The predicted octanol–water partition coefficient (Wildman–Crippen LogP) is -1.27. The first-order valence-electron chi connectivity index (χ1n) is 6.03. The molecule has 104 valence electrons. The molecule has 4 N–H and O–H groups in total.